The Kier molecular flexibility index (Phi) is 7.92. The Bertz CT molecular complexity index is 665. The average molecular weight is 380 g/mol. The van der Waals surface area contributed by atoms with E-state index in [1.54, 1.807) is 0 Å². The first-order valence-electron chi connectivity index (χ1n) is 10.6. The van der Waals surface area contributed by atoms with Gasteiger partial charge in [-0.25, -0.2) is 4.79 Å². The molecule has 0 aliphatic carbocycles. The summed E-state index contributed by atoms with van der Waals surface area (Å²) < 4.78 is 0. The molecule has 2 amide bonds. The van der Waals surface area contributed by atoms with Crippen molar-refractivity contribution in [2.24, 2.45) is 5.92 Å². The molecule has 0 radical (unpaired) electrons. The molecule has 4 heteroatoms. The summed E-state index contributed by atoms with van der Waals surface area (Å²) in [5.74, 6) is 0.874. The second-order valence-corrected chi connectivity index (χ2v) is 7.75. The van der Waals surface area contributed by atoms with Gasteiger partial charge in [-0.15, -0.1) is 0 Å². The van der Waals surface area contributed by atoms with Crippen molar-refractivity contribution in [1.82, 2.24) is 15.5 Å². The molecule has 1 heterocycles. The Balaban J connectivity index is 1.45. The summed E-state index contributed by atoms with van der Waals surface area (Å²) in [6, 6.07) is 21.0. The monoisotopic (exact) mass is 379 g/mol. The molecular formula is C24H33N3O. The second-order valence-electron chi connectivity index (χ2n) is 7.75. The Morgan fingerprint density at radius 2 is 1.68 bits per heavy atom. The summed E-state index contributed by atoms with van der Waals surface area (Å²) in [7, 11) is 0. The second kappa shape index (κ2) is 10.9. The third kappa shape index (κ3) is 6.10. The molecule has 2 aromatic carbocycles. The van der Waals surface area contributed by atoms with E-state index >= 15 is 0 Å². The molecule has 150 valence electrons. The molecule has 1 unspecified atom stereocenters. The zero-order valence-electron chi connectivity index (χ0n) is 16.9. The van der Waals surface area contributed by atoms with Crippen molar-refractivity contribution >= 4 is 6.03 Å². The van der Waals surface area contributed by atoms with E-state index in [1.807, 2.05) is 12.1 Å². The van der Waals surface area contributed by atoms with Crippen molar-refractivity contribution in [1.29, 1.82) is 0 Å². The molecule has 1 aliphatic heterocycles. The molecule has 0 aromatic heterocycles. The van der Waals surface area contributed by atoms with E-state index in [0.29, 0.717) is 18.4 Å². The van der Waals surface area contributed by atoms with Gasteiger partial charge < -0.3 is 15.5 Å². The van der Waals surface area contributed by atoms with Gasteiger partial charge >= 0.3 is 6.03 Å². The molecule has 1 saturated heterocycles. The molecule has 3 rings (SSSR count). The minimum Gasteiger partial charge on any atom is -0.338 e. The van der Waals surface area contributed by atoms with Crippen molar-refractivity contribution in [3.05, 3.63) is 71.8 Å². The molecule has 0 saturated carbocycles. The summed E-state index contributed by atoms with van der Waals surface area (Å²) in [6.07, 6.45) is 3.27. The topological polar surface area (TPSA) is 44.4 Å². The fraction of sp³-hybridized carbons (Fsp3) is 0.458. The number of amides is 2. The predicted molar refractivity (Wildman–Crippen MR) is 116 cm³/mol. The average Bonchev–Trinajstić information content (AvgIpc) is 3.19. The summed E-state index contributed by atoms with van der Waals surface area (Å²) >= 11 is 0. The van der Waals surface area contributed by atoms with Crippen LogP contribution >= 0.6 is 0 Å². The van der Waals surface area contributed by atoms with E-state index in [1.165, 1.54) is 30.5 Å². The van der Waals surface area contributed by atoms with Gasteiger partial charge in [0.15, 0.2) is 0 Å². The minimum absolute atomic E-state index is 0.0474. The van der Waals surface area contributed by atoms with Crippen LogP contribution in [0.25, 0.3) is 0 Å². The molecule has 0 bridgehead atoms. The first kappa shape index (κ1) is 20.4. The van der Waals surface area contributed by atoms with E-state index in [9.17, 15) is 4.79 Å². The molecule has 4 nitrogen and oxygen atoms in total. The van der Waals surface area contributed by atoms with E-state index < -0.39 is 0 Å². The number of rotatable bonds is 9. The maximum Gasteiger partial charge on any atom is 0.314 e. The van der Waals surface area contributed by atoms with Crippen molar-refractivity contribution in [2.45, 2.75) is 32.1 Å². The quantitative estimate of drug-likeness (QED) is 0.684. The summed E-state index contributed by atoms with van der Waals surface area (Å²) in [5, 5.41) is 6.11. The highest BCUT2D eigenvalue weighted by Gasteiger charge is 2.22. The lowest BCUT2D eigenvalue weighted by Gasteiger charge is -2.19. The number of urea groups is 1. The van der Waals surface area contributed by atoms with Gasteiger partial charge in [0.25, 0.3) is 0 Å². The molecule has 2 aromatic rings. The van der Waals surface area contributed by atoms with E-state index in [4.69, 9.17) is 0 Å². The molecule has 28 heavy (non-hydrogen) atoms. The highest BCUT2D eigenvalue weighted by Crippen LogP contribution is 2.27. The molecule has 0 spiro atoms. The molecular weight excluding hydrogens is 346 g/mol. The van der Waals surface area contributed by atoms with Crippen LogP contribution in [0.5, 0.6) is 0 Å². The molecule has 1 aliphatic rings. The number of nitrogens with zero attached hydrogens (tertiary/aromatic N) is 1. The lowest BCUT2D eigenvalue weighted by molar-refractivity contribution is 0.238. The van der Waals surface area contributed by atoms with Crippen molar-refractivity contribution < 1.29 is 4.79 Å². The van der Waals surface area contributed by atoms with Crippen molar-refractivity contribution in [2.75, 3.05) is 32.7 Å². The lowest BCUT2D eigenvalue weighted by Crippen LogP contribution is -2.39. The zero-order chi connectivity index (χ0) is 19.6. The predicted octanol–water partition coefficient (Wildman–Crippen LogP) is 4.24. The van der Waals surface area contributed by atoms with Gasteiger partial charge in [0, 0.05) is 25.6 Å². The summed E-state index contributed by atoms with van der Waals surface area (Å²) in [4.78, 5) is 14.7. The van der Waals surface area contributed by atoms with Crippen molar-refractivity contribution in [3.8, 4) is 0 Å². The Labute approximate surface area is 169 Å². The van der Waals surface area contributed by atoms with Crippen LogP contribution in [0.15, 0.2) is 60.7 Å². The Morgan fingerprint density at radius 3 is 2.29 bits per heavy atom. The minimum atomic E-state index is -0.0474. The number of hydrogen-bond acceptors (Lipinski definition) is 2. The van der Waals surface area contributed by atoms with E-state index in [0.717, 1.165) is 26.1 Å². The van der Waals surface area contributed by atoms with Gasteiger partial charge in [-0.05, 0) is 49.4 Å². The Morgan fingerprint density at radius 1 is 1.04 bits per heavy atom. The van der Waals surface area contributed by atoms with Crippen LogP contribution in [-0.4, -0.2) is 43.7 Å². The number of likely N-dealkylation sites (tertiary alicyclic amines) is 1. The third-order valence-corrected chi connectivity index (χ3v) is 5.58. The maximum atomic E-state index is 12.2. The smallest absolute Gasteiger partial charge is 0.314 e. The van der Waals surface area contributed by atoms with Gasteiger partial charge in [0.1, 0.15) is 0 Å². The molecule has 1 fully saturated rings. The largest absolute Gasteiger partial charge is 0.338 e. The highest BCUT2D eigenvalue weighted by molar-refractivity contribution is 5.73. The third-order valence-electron chi connectivity index (χ3n) is 5.58. The summed E-state index contributed by atoms with van der Waals surface area (Å²) in [6.45, 7) is 7.09. The Hall–Kier alpha value is -2.33. The fourth-order valence-corrected chi connectivity index (χ4v) is 4.12. The maximum absolute atomic E-state index is 12.2. The van der Waals surface area contributed by atoms with Gasteiger partial charge in [0.05, 0.1) is 0 Å². The van der Waals surface area contributed by atoms with Gasteiger partial charge in [-0.3, -0.25) is 0 Å². The normalized spacial score (nSPS) is 17.0. The number of nitrogens with one attached hydrogen (secondary N) is 2. The van der Waals surface area contributed by atoms with Gasteiger partial charge in [0.2, 0.25) is 0 Å². The van der Waals surface area contributed by atoms with Crippen LogP contribution in [0.1, 0.15) is 43.2 Å². The summed E-state index contributed by atoms with van der Waals surface area (Å²) in [5.41, 5.74) is 2.58. The number of carbonyl (C=O) groups is 1. The van der Waals surface area contributed by atoms with Gasteiger partial charge in [-0.1, -0.05) is 67.6 Å². The zero-order valence-corrected chi connectivity index (χ0v) is 16.9. The van der Waals surface area contributed by atoms with Crippen LogP contribution in [0, 0.1) is 5.92 Å². The number of carbonyl (C=O) groups excluding carboxylic acids is 1. The van der Waals surface area contributed by atoms with Crippen molar-refractivity contribution in [3.63, 3.8) is 0 Å². The fourth-order valence-electron chi connectivity index (χ4n) is 4.12. The first-order chi connectivity index (χ1) is 13.8. The highest BCUT2D eigenvalue weighted by atomic mass is 16.2. The van der Waals surface area contributed by atoms with Crippen LogP contribution < -0.4 is 10.6 Å². The van der Waals surface area contributed by atoms with E-state index in [-0.39, 0.29) is 6.03 Å². The van der Waals surface area contributed by atoms with E-state index in [2.05, 4.69) is 71.0 Å². The molecule has 2 N–H and O–H groups in total. The van der Waals surface area contributed by atoms with Crippen LogP contribution in [0.3, 0.4) is 0 Å². The number of benzene rings is 2. The first-order valence-corrected chi connectivity index (χ1v) is 10.6. The molecule has 1 atom stereocenters. The van der Waals surface area contributed by atoms with Crippen LogP contribution in [-0.2, 0) is 0 Å². The number of hydrogen-bond donors (Lipinski definition) is 2. The lowest BCUT2D eigenvalue weighted by atomic mass is 9.88. The standard InChI is InChI=1S/C24H33N3O/c1-2-16-27-17-14-20(19-27)18-26-24(28)25-15-13-23(21-9-5-3-6-10-21)22-11-7-4-8-12-22/h3-12,20,23H,2,13-19H2,1H3,(H2,25,26,28). The van der Waals surface area contributed by atoms with Crippen LogP contribution in [0.2, 0.25) is 0 Å². The SMILES string of the molecule is CCCN1CCC(CNC(=O)NCCC(c2ccccc2)c2ccccc2)C1. The van der Waals surface area contributed by atoms with Crippen LogP contribution in [0.4, 0.5) is 4.79 Å². The van der Waals surface area contributed by atoms with Gasteiger partial charge in [-0.2, -0.15) is 0 Å².